The van der Waals surface area contributed by atoms with E-state index in [1.807, 2.05) is 50.5 Å². The normalized spacial score (nSPS) is 11.8. The predicted octanol–water partition coefficient (Wildman–Crippen LogP) is 7.45. The quantitative estimate of drug-likeness (QED) is 0.103. The highest BCUT2D eigenvalue weighted by molar-refractivity contribution is 5.71. The fourth-order valence-electron chi connectivity index (χ4n) is 4.56. The lowest BCUT2D eigenvalue weighted by Gasteiger charge is -2.21. The van der Waals surface area contributed by atoms with Crippen LogP contribution in [0.15, 0.2) is 79.0 Å². The number of carbonyl (C=O) groups excluding carboxylic acids is 1. The van der Waals surface area contributed by atoms with Crippen LogP contribution in [-0.4, -0.2) is 29.0 Å². The summed E-state index contributed by atoms with van der Waals surface area (Å²) >= 11 is 0. The van der Waals surface area contributed by atoms with Crippen molar-refractivity contribution in [3.05, 3.63) is 95.8 Å². The molecule has 0 aliphatic carbocycles. The summed E-state index contributed by atoms with van der Waals surface area (Å²) in [5.74, 6) is 0.515. The summed E-state index contributed by atoms with van der Waals surface area (Å²) in [5, 5.41) is 4.57. The van der Waals surface area contributed by atoms with Crippen LogP contribution in [-0.2, 0) is 27.7 Å². The molecule has 0 N–H and O–H groups in total. The predicted molar refractivity (Wildman–Crippen MR) is 154 cm³/mol. The van der Waals surface area contributed by atoms with Gasteiger partial charge in [0.1, 0.15) is 5.75 Å². The molecule has 0 saturated carbocycles. The zero-order valence-electron chi connectivity index (χ0n) is 23.4. The molecule has 1 atom stereocenters. The smallest absolute Gasteiger partial charge is 0.306 e. The molecule has 39 heavy (non-hydrogen) atoms. The highest BCUT2D eigenvalue weighted by Crippen LogP contribution is 2.31. The summed E-state index contributed by atoms with van der Waals surface area (Å²) in [6.07, 6.45) is 4.32. The molecule has 0 aliphatic rings. The molecule has 0 fully saturated rings. The Morgan fingerprint density at radius 2 is 1.69 bits per heavy atom. The lowest BCUT2D eigenvalue weighted by Crippen LogP contribution is -2.13. The lowest BCUT2D eigenvalue weighted by molar-refractivity contribution is -0.143. The number of esters is 1. The largest absolute Gasteiger partial charge is 0.466 e. The van der Waals surface area contributed by atoms with E-state index in [1.54, 1.807) is 4.68 Å². The topological polar surface area (TPSA) is 62.6 Å². The van der Waals surface area contributed by atoms with Gasteiger partial charge in [-0.3, -0.25) is 9.48 Å². The molecule has 204 valence electrons. The van der Waals surface area contributed by atoms with Gasteiger partial charge in [0.05, 0.1) is 25.3 Å². The van der Waals surface area contributed by atoms with Crippen LogP contribution in [0.2, 0.25) is 0 Å². The first-order valence-corrected chi connectivity index (χ1v) is 13.7. The number of hydrogen-bond acceptors (Lipinski definition) is 5. The molecule has 0 bridgehead atoms. The first-order chi connectivity index (χ1) is 19.0. The summed E-state index contributed by atoms with van der Waals surface area (Å²) in [6, 6.07) is 24.7. The minimum absolute atomic E-state index is 0.209. The third-order valence-electron chi connectivity index (χ3n) is 6.56. The van der Waals surface area contributed by atoms with Gasteiger partial charge in [-0.05, 0) is 60.7 Å². The number of unbranched alkanes of at least 4 members (excludes halogenated alkanes) is 1. The van der Waals surface area contributed by atoms with Crippen LogP contribution in [0.3, 0.4) is 0 Å². The summed E-state index contributed by atoms with van der Waals surface area (Å²) in [7, 11) is 1.89. The molecule has 4 aromatic rings. The molecule has 0 aliphatic heterocycles. The van der Waals surface area contributed by atoms with Gasteiger partial charge in [0.25, 0.3) is 0 Å². The minimum Gasteiger partial charge on any atom is -0.466 e. The van der Waals surface area contributed by atoms with E-state index in [-0.39, 0.29) is 5.97 Å². The third-order valence-corrected chi connectivity index (χ3v) is 6.56. The average molecular weight is 527 g/mol. The Kier molecular flexibility index (Phi) is 9.92. The Bertz CT molecular complexity index is 1350. The Balaban J connectivity index is 1.51. The van der Waals surface area contributed by atoms with E-state index in [1.165, 1.54) is 16.7 Å². The number of rotatable bonds is 13. The van der Waals surface area contributed by atoms with Gasteiger partial charge >= 0.3 is 5.97 Å². The Morgan fingerprint density at radius 3 is 2.38 bits per heavy atom. The Hall–Kier alpha value is -3.90. The summed E-state index contributed by atoms with van der Waals surface area (Å²) in [5.41, 5.74) is 7.44. The summed E-state index contributed by atoms with van der Waals surface area (Å²) in [4.78, 5) is 11.9. The van der Waals surface area contributed by atoms with Crippen LogP contribution in [0.1, 0.15) is 56.2 Å². The number of hydrogen-bond donors (Lipinski definition) is 0. The fraction of sp³-hybridized carbons (Fsp3) is 0.333. The van der Waals surface area contributed by atoms with Crippen molar-refractivity contribution in [2.45, 2.75) is 52.7 Å². The monoisotopic (exact) mass is 526 g/mol. The van der Waals surface area contributed by atoms with Gasteiger partial charge in [-0.25, -0.2) is 0 Å². The Labute approximate surface area is 231 Å². The highest BCUT2D eigenvalue weighted by atomic mass is 16.7. The number of aryl methyl sites for hydroxylation is 3. The second kappa shape index (κ2) is 13.8. The maximum Gasteiger partial charge on any atom is 0.306 e. The zero-order valence-corrected chi connectivity index (χ0v) is 23.4. The second-order valence-electron chi connectivity index (χ2n) is 9.61. The van der Waals surface area contributed by atoms with Crippen molar-refractivity contribution in [1.29, 1.82) is 0 Å². The van der Waals surface area contributed by atoms with Gasteiger partial charge in [0, 0.05) is 30.8 Å². The standard InChI is InChI=1S/C33H38N2O4/c1-5-7-21-38-33(27-15-18-29(24(3)22-27)25-11-9-8-10-12-25)39-28-16-13-26(14-17-28)30-23-35(4)34-31(30)19-20-32(36)37-6-2/h8-18,22-23,33H,5-7,19-21H2,1-4H3. The van der Waals surface area contributed by atoms with Crippen LogP contribution in [0.25, 0.3) is 22.3 Å². The van der Waals surface area contributed by atoms with Crippen molar-refractivity contribution in [1.82, 2.24) is 9.78 Å². The van der Waals surface area contributed by atoms with E-state index in [0.29, 0.717) is 26.1 Å². The van der Waals surface area contributed by atoms with Crippen molar-refractivity contribution >= 4 is 5.97 Å². The molecule has 0 radical (unpaired) electrons. The first-order valence-electron chi connectivity index (χ1n) is 13.7. The van der Waals surface area contributed by atoms with E-state index in [2.05, 4.69) is 61.4 Å². The molecule has 6 nitrogen and oxygen atoms in total. The minimum atomic E-state index is -0.510. The number of aromatic nitrogens is 2. The number of carbonyl (C=O) groups is 1. The van der Waals surface area contributed by atoms with Crippen molar-refractivity contribution in [3.8, 4) is 28.0 Å². The van der Waals surface area contributed by atoms with E-state index in [4.69, 9.17) is 14.2 Å². The van der Waals surface area contributed by atoms with Gasteiger partial charge in [-0.1, -0.05) is 67.9 Å². The molecule has 1 unspecified atom stereocenters. The van der Waals surface area contributed by atoms with E-state index >= 15 is 0 Å². The Morgan fingerprint density at radius 1 is 0.949 bits per heavy atom. The molecule has 1 aromatic heterocycles. The van der Waals surface area contributed by atoms with Crippen LogP contribution in [0.4, 0.5) is 0 Å². The lowest BCUT2D eigenvalue weighted by atomic mass is 9.98. The summed E-state index contributed by atoms with van der Waals surface area (Å²) < 4.78 is 19.4. The van der Waals surface area contributed by atoms with Gasteiger partial charge in [0.2, 0.25) is 6.29 Å². The number of benzene rings is 3. The molecular weight excluding hydrogens is 488 g/mol. The van der Waals surface area contributed by atoms with Gasteiger partial charge in [-0.15, -0.1) is 0 Å². The fourth-order valence-corrected chi connectivity index (χ4v) is 4.56. The maximum atomic E-state index is 11.9. The number of nitrogens with zero attached hydrogens (tertiary/aromatic N) is 2. The van der Waals surface area contributed by atoms with Gasteiger partial charge in [-0.2, -0.15) is 5.10 Å². The molecule has 0 amide bonds. The SMILES string of the molecule is CCCCOC(Oc1ccc(-c2cn(C)nc2CCC(=O)OCC)cc1)c1ccc(-c2ccccc2)c(C)c1. The van der Waals surface area contributed by atoms with Crippen LogP contribution in [0, 0.1) is 6.92 Å². The highest BCUT2D eigenvalue weighted by Gasteiger charge is 2.17. The molecule has 0 saturated heterocycles. The molecule has 3 aromatic carbocycles. The molecule has 0 spiro atoms. The van der Waals surface area contributed by atoms with Crippen molar-refractivity contribution in [2.75, 3.05) is 13.2 Å². The molecular formula is C33H38N2O4. The van der Waals surface area contributed by atoms with Crippen molar-refractivity contribution in [2.24, 2.45) is 7.05 Å². The first kappa shape index (κ1) is 28.1. The van der Waals surface area contributed by atoms with E-state index in [0.717, 1.165) is 41.0 Å². The van der Waals surface area contributed by atoms with Crippen molar-refractivity contribution in [3.63, 3.8) is 0 Å². The van der Waals surface area contributed by atoms with Crippen molar-refractivity contribution < 1.29 is 19.0 Å². The second-order valence-corrected chi connectivity index (χ2v) is 9.61. The van der Waals surface area contributed by atoms with Gasteiger partial charge < -0.3 is 14.2 Å². The van der Waals surface area contributed by atoms with Crippen LogP contribution >= 0.6 is 0 Å². The number of ether oxygens (including phenoxy) is 3. The summed E-state index contributed by atoms with van der Waals surface area (Å²) in [6.45, 7) is 7.09. The van der Waals surface area contributed by atoms with E-state index < -0.39 is 6.29 Å². The maximum absolute atomic E-state index is 11.9. The molecule has 6 heteroatoms. The van der Waals surface area contributed by atoms with Gasteiger partial charge in [0.15, 0.2) is 0 Å². The zero-order chi connectivity index (χ0) is 27.6. The third kappa shape index (κ3) is 7.58. The van der Waals surface area contributed by atoms with Crippen LogP contribution < -0.4 is 4.74 Å². The van der Waals surface area contributed by atoms with E-state index in [9.17, 15) is 4.79 Å². The molecule has 1 heterocycles. The van der Waals surface area contributed by atoms with Crippen LogP contribution in [0.5, 0.6) is 5.75 Å². The average Bonchev–Trinajstić information content (AvgIpc) is 3.32. The molecule has 4 rings (SSSR count).